The first-order chi connectivity index (χ1) is 11.1. The summed E-state index contributed by atoms with van der Waals surface area (Å²) in [6.45, 7) is 25.0. The van der Waals surface area contributed by atoms with Gasteiger partial charge in [0.15, 0.2) is 0 Å². The largest absolute Gasteiger partial charge is 0.293 e. The first-order valence-electron chi connectivity index (χ1n) is 9.94. The topological polar surface area (TPSA) is 3.24 Å². The van der Waals surface area contributed by atoms with Crippen LogP contribution in [0.2, 0.25) is 0 Å². The molecule has 0 amide bonds. The lowest BCUT2D eigenvalue weighted by Gasteiger charge is -2.52. The summed E-state index contributed by atoms with van der Waals surface area (Å²) in [7, 11) is 0. The molecule has 0 aromatic heterocycles. The van der Waals surface area contributed by atoms with Crippen LogP contribution in [0.5, 0.6) is 0 Å². The van der Waals surface area contributed by atoms with Crippen molar-refractivity contribution in [3.05, 3.63) is 35.9 Å². The van der Waals surface area contributed by atoms with Crippen LogP contribution in [-0.4, -0.2) is 22.5 Å². The van der Waals surface area contributed by atoms with Crippen molar-refractivity contribution in [2.45, 2.75) is 99.6 Å². The minimum atomic E-state index is 0.168. The molecule has 25 heavy (non-hydrogen) atoms. The lowest BCUT2D eigenvalue weighted by atomic mass is 9.75. The molecule has 0 heterocycles. The third-order valence-corrected chi connectivity index (χ3v) is 4.85. The van der Waals surface area contributed by atoms with Gasteiger partial charge in [0.1, 0.15) is 0 Å². The van der Waals surface area contributed by atoms with E-state index in [1.807, 2.05) is 0 Å². The van der Waals surface area contributed by atoms with Crippen molar-refractivity contribution < 1.29 is 0 Å². The van der Waals surface area contributed by atoms with E-state index in [1.165, 1.54) is 18.4 Å². The van der Waals surface area contributed by atoms with Crippen LogP contribution in [0, 0.1) is 10.8 Å². The molecule has 0 unspecified atom stereocenters. The summed E-state index contributed by atoms with van der Waals surface area (Å²) in [5, 5.41) is 0. The average Bonchev–Trinajstić information content (AvgIpc) is 2.33. The van der Waals surface area contributed by atoms with E-state index in [0.717, 1.165) is 13.0 Å². The van der Waals surface area contributed by atoms with E-state index in [9.17, 15) is 0 Å². The highest BCUT2D eigenvalue weighted by Gasteiger charge is 2.41. The molecule has 0 radical (unpaired) electrons. The SMILES string of the molecule is CC(C)(C)CC(C)(C)N(CCc1ccccc1)C(C)(C)CC(C)(C)C. The first-order valence-corrected chi connectivity index (χ1v) is 9.94. The van der Waals surface area contributed by atoms with Crippen LogP contribution in [0.25, 0.3) is 0 Å². The maximum Gasteiger partial charge on any atom is 0.0163 e. The first kappa shape index (κ1) is 22.2. The Morgan fingerprint density at radius 3 is 1.40 bits per heavy atom. The average molecular weight is 346 g/mol. The summed E-state index contributed by atoms with van der Waals surface area (Å²) >= 11 is 0. The molecule has 0 atom stereocenters. The number of hydrogen-bond acceptors (Lipinski definition) is 1. The van der Waals surface area contributed by atoms with Crippen molar-refractivity contribution in [3.63, 3.8) is 0 Å². The van der Waals surface area contributed by atoms with Crippen LogP contribution in [0.15, 0.2) is 30.3 Å². The van der Waals surface area contributed by atoms with Crippen LogP contribution in [0.1, 0.15) is 87.6 Å². The minimum absolute atomic E-state index is 0.168. The molecule has 0 aliphatic heterocycles. The van der Waals surface area contributed by atoms with Gasteiger partial charge in [0, 0.05) is 17.6 Å². The van der Waals surface area contributed by atoms with Gasteiger partial charge in [0.25, 0.3) is 0 Å². The summed E-state index contributed by atoms with van der Waals surface area (Å²) in [5.41, 5.74) is 2.42. The Hall–Kier alpha value is -0.820. The molecule has 0 bridgehead atoms. The third kappa shape index (κ3) is 7.94. The van der Waals surface area contributed by atoms with E-state index in [1.54, 1.807) is 0 Å². The van der Waals surface area contributed by atoms with Crippen LogP contribution >= 0.6 is 0 Å². The van der Waals surface area contributed by atoms with Crippen LogP contribution in [-0.2, 0) is 6.42 Å². The number of benzene rings is 1. The summed E-state index contributed by atoms with van der Waals surface area (Å²) in [6.07, 6.45) is 3.51. The number of nitrogens with zero attached hydrogens (tertiary/aromatic N) is 1. The molecule has 0 saturated carbocycles. The molecule has 0 aliphatic rings. The number of rotatable bonds is 7. The summed E-state index contributed by atoms with van der Waals surface area (Å²) < 4.78 is 0. The predicted octanol–water partition coefficient (Wildman–Crippen LogP) is 6.96. The second-order valence-corrected chi connectivity index (χ2v) is 11.5. The zero-order chi connectivity index (χ0) is 19.5. The van der Waals surface area contributed by atoms with Gasteiger partial charge in [-0.05, 0) is 63.4 Å². The van der Waals surface area contributed by atoms with Gasteiger partial charge in [-0.1, -0.05) is 71.9 Å². The van der Waals surface area contributed by atoms with E-state index in [-0.39, 0.29) is 11.1 Å². The molecule has 1 nitrogen and oxygen atoms in total. The maximum absolute atomic E-state index is 2.78. The Kier molecular flexibility index (Phi) is 6.95. The van der Waals surface area contributed by atoms with Crippen molar-refractivity contribution in [3.8, 4) is 0 Å². The Bertz CT molecular complexity index is 483. The van der Waals surface area contributed by atoms with Gasteiger partial charge in [-0.25, -0.2) is 0 Å². The quantitative estimate of drug-likeness (QED) is 0.516. The molecule has 0 saturated heterocycles. The lowest BCUT2D eigenvalue weighted by Crippen LogP contribution is -2.58. The smallest absolute Gasteiger partial charge is 0.0163 e. The molecule has 0 aliphatic carbocycles. The molecule has 0 spiro atoms. The Morgan fingerprint density at radius 2 is 1.04 bits per heavy atom. The minimum Gasteiger partial charge on any atom is -0.293 e. The fourth-order valence-electron chi connectivity index (χ4n) is 5.10. The fraction of sp³-hybridized carbons (Fsp3) is 0.750. The van der Waals surface area contributed by atoms with E-state index < -0.39 is 0 Å². The molecule has 0 fully saturated rings. The van der Waals surface area contributed by atoms with E-state index in [4.69, 9.17) is 0 Å². The van der Waals surface area contributed by atoms with E-state index >= 15 is 0 Å². The number of hydrogen-bond donors (Lipinski definition) is 0. The molecule has 1 aromatic rings. The second-order valence-electron chi connectivity index (χ2n) is 11.5. The van der Waals surface area contributed by atoms with Crippen LogP contribution in [0.4, 0.5) is 0 Å². The van der Waals surface area contributed by atoms with E-state index in [2.05, 4.69) is 104 Å². The molecule has 0 N–H and O–H groups in total. The van der Waals surface area contributed by atoms with Gasteiger partial charge >= 0.3 is 0 Å². The van der Waals surface area contributed by atoms with Crippen LogP contribution in [0.3, 0.4) is 0 Å². The fourth-order valence-corrected chi connectivity index (χ4v) is 5.10. The van der Waals surface area contributed by atoms with E-state index in [0.29, 0.717) is 10.8 Å². The Morgan fingerprint density at radius 1 is 0.640 bits per heavy atom. The van der Waals surface area contributed by atoms with Gasteiger partial charge in [0.2, 0.25) is 0 Å². The zero-order valence-electron chi connectivity index (χ0n) is 18.7. The van der Waals surface area contributed by atoms with Crippen molar-refractivity contribution in [1.29, 1.82) is 0 Å². The van der Waals surface area contributed by atoms with Gasteiger partial charge in [-0.15, -0.1) is 0 Å². The summed E-state index contributed by atoms with van der Waals surface area (Å²) in [6, 6.07) is 10.9. The molecular weight excluding hydrogens is 302 g/mol. The highest BCUT2D eigenvalue weighted by Crippen LogP contribution is 2.39. The van der Waals surface area contributed by atoms with Gasteiger partial charge in [-0.3, -0.25) is 4.90 Å². The highest BCUT2D eigenvalue weighted by atomic mass is 15.2. The summed E-state index contributed by atoms with van der Waals surface area (Å²) in [5.74, 6) is 0. The zero-order valence-corrected chi connectivity index (χ0v) is 18.7. The molecule has 144 valence electrons. The molecule has 1 aromatic carbocycles. The predicted molar refractivity (Wildman–Crippen MR) is 113 cm³/mol. The third-order valence-electron chi connectivity index (χ3n) is 4.85. The van der Waals surface area contributed by atoms with Gasteiger partial charge in [-0.2, -0.15) is 0 Å². The summed E-state index contributed by atoms with van der Waals surface area (Å²) in [4.78, 5) is 2.78. The Balaban J connectivity index is 3.08. The van der Waals surface area contributed by atoms with Crippen molar-refractivity contribution >= 4 is 0 Å². The second kappa shape index (κ2) is 7.82. The highest BCUT2D eigenvalue weighted by molar-refractivity contribution is 5.15. The van der Waals surface area contributed by atoms with Gasteiger partial charge < -0.3 is 0 Å². The molecule has 1 heteroatoms. The Labute approximate surface area is 158 Å². The lowest BCUT2D eigenvalue weighted by molar-refractivity contribution is -0.0245. The standard InChI is InChI=1S/C24H43N/c1-21(2,3)18-23(7,8)25(24(9,10)19-22(4,5)6)17-16-20-14-12-11-13-15-20/h11-15H,16-19H2,1-10H3. The van der Waals surface area contributed by atoms with Crippen molar-refractivity contribution in [2.75, 3.05) is 6.54 Å². The molecule has 1 rings (SSSR count). The van der Waals surface area contributed by atoms with Crippen molar-refractivity contribution in [2.24, 2.45) is 10.8 Å². The van der Waals surface area contributed by atoms with Crippen LogP contribution < -0.4 is 0 Å². The monoisotopic (exact) mass is 345 g/mol. The molecular formula is C24H43N. The van der Waals surface area contributed by atoms with Crippen molar-refractivity contribution in [1.82, 2.24) is 4.90 Å². The normalized spacial score (nSPS) is 14.2. The maximum atomic E-state index is 2.78. The van der Waals surface area contributed by atoms with Gasteiger partial charge in [0.05, 0.1) is 0 Å².